The van der Waals surface area contributed by atoms with Gasteiger partial charge < -0.3 is 20.9 Å². The van der Waals surface area contributed by atoms with Crippen LogP contribution in [0.5, 0.6) is 0 Å². The number of hydrogen-bond donors (Lipinski definition) is 3. The smallest absolute Gasteiger partial charge is 0.245 e. The van der Waals surface area contributed by atoms with Crippen molar-refractivity contribution in [3.8, 4) is 0 Å². The van der Waals surface area contributed by atoms with Gasteiger partial charge in [-0.1, -0.05) is 67.9 Å². The van der Waals surface area contributed by atoms with Gasteiger partial charge in [0, 0.05) is 38.1 Å². The summed E-state index contributed by atoms with van der Waals surface area (Å²) in [6.45, 7) is 6.70. The molecule has 3 N–H and O–H groups in total. The summed E-state index contributed by atoms with van der Waals surface area (Å²) in [5.74, 6) is -1.30. The van der Waals surface area contributed by atoms with Crippen molar-refractivity contribution >= 4 is 35.2 Å². The van der Waals surface area contributed by atoms with E-state index < -0.39 is 24.0 Å². The Labute approximate surface area is 241 Å². The summed E-state index contributed by atoms with van der Waals surface area (Å²) < 4.78 is 0. The Bertz CT molecular complexity index is 1160. The topological polar surface area (TPSA) is 111 Å². The predicted octanol–water partition coefficient (Wildman–Crippen LogP) is 2.38. The van der Waals surface area contributed by atoms with Crippen molar-refractivity contribution in [3.05, 3.63) is 70.7 Å². The number of likely N-dealkylation sites (N-methyl/N-ethyl adjacent to an activating group) is 1. The lowest BCUT2D eigenvalue weighted by Gasteiger charge is -2.30. The monoisotopic (exact) mass is 569 g/mol. The summed E-state index contributed by atoms with van der Waals surface area (Å²) in [7, 11) is 1.54. The van der Waals surface area contributed by atoms with Gasteiger partial charge in [-0.15, -0.1) is 0 Å². The maximum atomic E-state index is 13.5. The number of hydrogen-bond acceptors (Lipinski definition) is 5. The molecule has 40 heavy (non-hydrogen) atoms. The van der Waals surface area contributed by atoms with Gasteiger partial charge in [0.25, 0.3) is 0 Å². The van der Waals surface area contributed by atoms with Crippen LogP contribution >= 0.6 is 11.6 Å². The first kappa shape index (κ1) is 31.1. The van der Waals surface area contributed by atoms with E-state index in [0.717, 1.165) is 11.1 Å². The Kier molecular flexibility index (Phi) is 11.5. The molecule has 4 amide bonds. The van der Waals surface area contributed by atoms with Crippen molar-refractivity contribution in [1.82, 2.24) is 25.8 Å². The molecule has 3 atom stereocenters. The molecule has 1 heterocycles. The minimum Gasteiger partial charge on any atom is -0.353 e. The van der Waals surface area contributed by atoms with E-state index in [9.17, 15) is 19.2 Å². The van der Waals surface area contributed by atoms with Gasteiger partial charge in [0.2, 0.25) is 23.6 Å². The summed E-state index contributed by atoms with van der Waals surface area (Å²) in [6, 6.07) is 14.3. The van der Waals surface area contributed by atoms with Crippen LogP contribution < -0.4 is 16.0 Å². The zero-order valence-corrected chi connectivity index (χ0v) is 24.4. The molecule has 0 radical (unpaired) electrons. The highest BCUT2D eigenvalue weighted by Gasteiger charge is 2.32. The Morgan fingerprint density at radius 2 is 1.57 bits per heavy atom. The number of rotatable bonds is 6. The molecule has 0 aliphatic carbocycles. The fourth-order valence-corrected chi connectivity index (χ4v) is 4.75. The third-order valence-electron chi connectivity index (χ3n) is 6.98. The number of nitrogens with zero attached hydrogens (tertiary/aromatic N) is 2. The maximum absolute atomic E-state index is 13.5. The Morgan fingerprint density at radius 3 is 2.23 bits per heavy atom. The second-order valence-corrected chi connectivity index (χ2v) is 11.2. The first-order valence-electron chi connectivity index (χ1n) is 13.7. The average molecular weight is 570 g/mol. The van der Waals surface area contributed by atoms with Crippen LogP contribution in [0.3, 0.4) is 0 Å². The summed E-state index contributed by atoms with van der Waals surface area (Å²) in [6.07, 6.45) is 0.727. The zero-order chi connectivity index (χ0) is 29.2. The molecule has 10 heteroatoms. The summed E-state index contributed by atoms with van der Waals surface area (Å²) in [5.41, 5.74) is 1.85. The van der Waals surface area contributed by atoms with Crippen molar-refractivity contribution in [2.45, 2.75) is 58.3 Å². The maximum Gasteiger partial charge on any atom is 0.245 e. The van der Waals surface area contributed by atoms with Gasteiger partial charge in [-0.3, -0.25) is 24.1 Å². The van der Waals surface area contributed by atoms with Crippen LogP contribution in [-0.4, -0.2) is 78.2 Å². The summed E-state index contributed by atoms with van der Waals surface area (Å²) in [5, 5.41) is 9.28. The normalized spacial score (nSPS) is 22.2. The molecule has 1 saturated heterocycles. The minimum absolute atomic E-state index is 0.0320. The molecule has 0 unspecified atom stereocenters. The predicted molar refractivity (Wildman–Crippen MR) is 155 cm³/mol. The van der Waals surface area contributed by atoms with Gasteiger partial charge in [-0.05, 0) is 42.5 Å². The van der Waals surface area contributed by atoms with Gasteiger partial charge >= 0.3 is 0 Å². The minimum atomic E-state index is -0.850. The number of amides is 4. The molecule has 216 valence electrons. The van der Waals surface area contributed by atoms with Gasteiger partial charge in [0.05, 0.1) is 6.54 Å². The second-order valence-electron chi connectivity index (χ2n) is 10.8. The molecule has 2 aromatic rings. The summed E-state index contributed by atoms with van der Waals surface area (Å²) in [4.78, 5) is 56.4. The van der Waals surface area contributed by atoms with Gasteiger partial charge in [0.15, 0.2) is 0 Å². The van der Waals surface area contributed by atoms with Crippen LogP contribution in [0.25, 0.3) is 0 Å². The number of benzene rings is 2. The molecule has 0 spiro atoms. The highest BCUT2D eigenvalue weighted by Crippen LogP contribution is 2.13. The van der Waals surface area contributed by atoms with E-state index in [1.807, 2.05) is 61.2 Å². The van der Waals surface area contributed by atoms with Gasteiger partial charge in [-0.2, -0.15) is 0 Å². The van der Waals surface area contributed by atoms with Crippen molar-refractivity contribution in [2.24, 2.45) is 5.92 Å². The van der Waals surface area contributed by atoms with Crippen molar-refractivity contribution in [2.75, 3.05) is 26.7 Å². The largest absolute Gasteiger partial charge is 0.353 e. The lowest BCUT2D eigenvalue weighted by molar-refractivity contribution is -0.142. The average Bonchev–Trinajstić information content (AvgIpc) is 2.92. The van der Waals surface area contributed by atoms with Crippen molar-refractivity contribution in [3.63, 3.8) is 0 Å². The lowest BCUT2D eigenvalue weighted by Crippen LogP contribution is -2.56. The Balaban J connectivity index is 1.89. The first-order valence-corrected chi connectivity index (χ1v) is 14.1. The van der Waals surface area contributed by atoms with Crippen LogP contribution in [-0.2, 0) is 32.1 Å². The van der Waals surface area contributed by atoms with Crippen LogP contribution in [0.4, 0.5) is 0 Å². The molecule has 1 aliphatic heterocycles. The number of nitrogens with one attached hydrogen (secondary N) is 3. The third kappa shape index (κ3) is 9.34. The van der Waals surface area contributed by atoms with Crippen LogP contribution in [0, 0.1) is 5.92 Å². The molecule has 0 aromatic heterocycles. The van der Waals surface area contributed by atoms with E-state index in [2.05, 4.69) is 16.0 Å². The molecule has 3 rings (SSSR count). The fourth-order valence-electron chi connectivity index (χ4n) is 4.62. The molecule has 1 aliphatic rings. The van der Waals surface area contributed by atoms with E-state index in [0.29, 0.717) is 31.0 Å². The van der Waals surface area contributed by atoms with E-state index in [1.54, 1.807) is 26.1 Å². The molecule has 0 saturated carbocycles. The second kappa shape index (κ2) is 14.8. The zero-order valence-electron chi connectivity index (χ0n) is 23.7. The Morgan fingerprint density at radius 1 is 0.900 bits per heavy atom. The van der Waals surface area contributed by atoms with Gasteiger partial charge in [0.1, 0.15) is 18.1 Å². The lowest BCUT2D eigenvalue weighted by atomic mass is 10.0. The SMILES string of the molecule is CC(C)C[C@@H]1NC(=O)CN(Cc2ccc(Cl)cc2)CCNC(=O)[C@H](Cc2ccccc2)NC(=O)[C@H](C)N(C)C1=O. The van der Waals surface area contributed by atoms with E-state index in [-0.39, 0.29) is 36.7 Å². The molecule has 0 bridgehead atoms. The molecule has 1 fully saturated rings. The van der Waals surface area contributed by atoms with E-state index >= 15 is 0 Å². The third-order valence-corrected chi connectivity index (χ3v) is 7.23. The first-order chi connectivity index (χ1) is 19.0. The number of carbonyl (C=O) groups excluding carboxylic acids is 4. The standard InChI is InChI=1S/C30H40ClN5O4/c1-20(2)16-26-30(40)35(4)21(3)28(38)34-25(17-22-8-6-5-7-9-22)29(39)32-14-15-36(19-27(37)33-26)18-23-10-12-24(31)13-11-23/h5-13,20-21,25-26H,14-19H2,1-4H3,(H,32,39)(H,33,37)(H,34,38)/t21-,25-,26-/m0/s1. The van der Waals surface area contributed by atoms with E-state index in [1.165, 1.54) is 4.90 Å². The number of carbonyl (C=O) groups is 4. The quantitative estimate of drug-likeness (QED) is 0.495. The van der Waals surface area contributed by atoms with Crippen molar-refractivity contribution in [1.29, 1.82) is 0 Å². The van der Waals surface area contributed by atoms with Crippen molar-refractivity contribution < 1.29 is 19.2 Å². The van der Waals surface area contributed by atoms with Gasteiger partial charge in [-0.25, -0.2) is 0 Å². The highest BCUT2D eigenvalue weighted by atomic mass is 35.5. The van der Waals surface area contributed by atoms with Crippen LogP contribution in [0.2, 0.25) is 5.02 Å². The van der Waals surface area contributed by atoms with Crippen LogP contribution in [0.15, 0.2) is 54.6 Å². The molecule has 2 aromatic carbocycles. The molecular weight excluding hydrogens is 530 g/mol. The fraction of sp³-hybridized carbons (Fsp3) is 0.467. The summed E-state index contributed by atoms with van der Waals surface area (Å²) >= 11 is 6.04. The molecular formula is C30H40ClN5O4. The highest BCUT2D eigenvalue weighted by molar-refractivity contribution is 6.30. The van der Waals surface area contributed by atoms with E-state index in [4.69, 9.17) is 11.6 Å². The number of halogens is 1. The Hall–Kier alpha value is -3.43. The molecule has 9 nitrogen and oxygen atoms in total. The van der Waals surface area contributed by atoms with Crippen LogP contribution in [0.1, 0.15) is 38.3 Å².